The van der Waals surface area contributed by atoms with E-state index >= 15 is 0 Å². The summed E-state index contributed by atoms with van der Waals surface area (Å²) in [7, 11) is 0. The van der Waals surface area contributed by atoms with Crippen molar-refractivity contribution in [2.45, 2.75) is 0 Å². The van der Waals surface area contributed by atoms with Crippen molar-refractivity contribution in [1.82, 2.24) is 0 Å². The molecule has 3 aromatic carbocycles. The molecular weight excluding hydrogens is 271 g/mol. The molecule has 3 rings (SSSR count). The van der Waals surface area contributed by atoms with Gasteiger partial charge in [-0.3, -0.25) is 0 Å². The standard InChI is InChI=1S/C14H12.C8H8.Li.H/c1-12(13-8-4-2-5-9-13)14-10-6-3-7-11-14;1-2-8-6-4-3-5-7-8;;/h2-11H,1H2;2-7H,1H2;;/q;;+1;-1. The Labute approximate surface area is 152 Å². The minimum absolute atomic E-state index is 0. The van der Waals surface area contributed by atoms with Gasteiger partial charge in [-0.15, -0.1) is 0 Å². The van der Waals surface area contributed by atoms with Crippen LogP contribution in [0.1, 0.15) is 18.1 Å². The number of hydrogen-bond acceptors (Lipinski definition) is 0. The number of rotatable bonds is 3. The molecule has 0 aliphatic carbocycles. The topological polar surface area (TPSA) is 0 Å². The van der Waals surface area contributed by atoms with Gasteiger partial charge >= 0.3 is 18.9 Å². The molecule has 0 radical (unpaired) electrons. The van der Waals surface area contributed by atoms with E-state index in [1.54, 1.807) is 0 Å². The molecule has 3 aromatic rings. The molecule has 0 saturated carbocycles. The van der Waals surface area contributed by atoms with Crippen molar-refractivity contribution in [3.8, 4) is 0 Å². The minimum Gasteiger partial charge on any atom is -1.00 e. The van der Waals surface area contributed by atoms with E-state index in [1.807, 2.05) is 72.8 Å². The molecule has 0 aromatic heterocycles. The summed E-state index contributed by atoms with van der Waals surface area (Å²) in [6.07, 6.45) is 1.83. The SMILES string of the molecule is C=C(c1ccccc1)c1ccccc1.C=Cc1ccccc1.[H-].[Li+]. The van der Waals surface area contributed by atoms with Crippen LogP contribution in [0.4, 0.5) is 0 Å². The second-order valence-electron chi connectivity index (χ2n) is 4.83. The third-order valence-corrected chi connectivity index (χ3v) is 3.28. The fourth-order valence-corrected chi connectivity index (χ4v) is 2.03. The molecule has 1 heteroatoms. The van der Waals surface area contributed by atoms with Crippen molar-refractivity contribution in [3.05, 3.63) is 121 Å². The zero-order valence-electron chi connectivity index (χ0n) is 14.7. The molecule has 110 valence electrons. The number of benzene rings is 3. The monoisotopic (exact) mass is 292 g/mol. The number of hydrogen-bond donors (Lipinski definition) is 0. The van der Waals surface area contributed by atoms with Crippen LogP contribution in [0.25, 0.3) is 11.6 Å². The van der Waals surface area contributed by atoms with Gasteiger partial charge in [0.15, 0.2) is 0 Å². The molecule has 0 saturated heterocycles. The summed E-state index contributed by atoms with van der Waals surface area (Å²) in [5, 5.41) is 0. The van der Waals surface area contributed by atoms with E-state index < -0.39 is 0 Å². The van der Waals surface area contributed by atoms with Gasteiger partial charge in [-0.1, -0.05) is 110 Å². The van der Waals surface area contributed by atoms with Gasteiger partial charge in [-0.25, -0.2) is 0 Å². The van der Waals surface area contributed by atoms with Crippen molar-refractivity contribution in [3.63, 3.8) is 0 Å². The average Bonchev–Trinajstić information content (AvgIpc) is 2.64. The quantitative estimate of drug-likeness (QED) is 0.650. The fourth-order valence-electron chi connectivity index (χ4n) is 2.03. The molecule has 0 aliphatic heterocycles. The molecule has 0 N–H and O–H groups in total. The Morgan fingerprint density at radius 3 is 1.30 bits per heavy atom. The summed E-state index contributed by atoms with van der Waals surface area (Å²) in [6, 6.07) is 30.5. The van der Waals surface area contributed by atoms with Gasteiger partial charge in [0, 0.05) is 0 Å². The maximum absolute atomic E-state index is 4.10. The van der Waals surface area contributed by atoms with Crippen molar-refractivity contribution in [2.24, 2.45) is 0 Å². The third-order valence-electron chi connectivity index (χ3n) is 3.28. The zero-order chi connectivity index (χ0) is 15.6. The molecule has 0 fully saturated rings. The summed E-state index contributed by atoms with van der Waals surface area (Å²) in [5.74, 6) is 0. The normalized spacial score (nSPS) is 8.87. The summed E-state index contributed by atoms with van der Waals surface area (Å²) in [5.41, 5.74) is 4.61. The first kappa shape index (κ1) is 18.8. The molecular formula is C22H21Li. The van der Waals surface area contributed by atoms with Gasteiger partial charge in [0.2, 0.25) is 0 Å². The maximum atomic E-state index is 4.10. The second-order valence-corrected chi connectivity index (χ2v) is 4.83. The third kappa shape index (κ3) is 6.16. The molecule has 0 aliphatic rings. The van der Waals surface area contributed by atoms with Crippen LogP contribution in [0.3, 0.4) is 0 Å². The van der Waals surface area contributed by atoms with Gasteiger partial charge in [-0.2, -0.15) is 0 Å². The first-order valence-electron chi connectivity index (χ1n) is 7.28. The first-order valence-corrected chi connectivity index (χ1v) is 7.28. The Kier molecular flexibility index (Phi) is 8.54. The van der Waals surface area contributed by atoms with Crippen LogP contribution >= 0.6 is 0 Å². The van der Waals surface area contributed by atoms with Crippen LogP contribution in [-0.2, 0) is 0 Å². The van der Waals surface area contributed by atoms with E-state index in [0.717, 1.165) is 5.57 Å². The molecule has 0 spiro atoms. The predicted molar refractivity (Wildman–Crippen MR) is 98.7 cm³/mol. The molecule has 0 bridgehead atoms. The minimum atomic E-state index is 0. The van der Waals surface area contributed by atoms with E-state index in [2.05, 4.69) is 37.4 Å². The van der Waals surface area contributed by atoms with Crippen molar-refractivity contribution < 1.29 is 20.3 Å². The first-order chi connectivity index (χ1) is 10.8. The molecule has 23 heavy (non-hydrogen) atoms. The Balaban J connectivity index is 0.000000460. The molecule has 0 heterocycles. The molecule has 0 amide bonds. The van der Waals surface area contributed by atoms with E-state index in [9.17, 15) is 0 Å². The molecule has 0 unspecified atom stereocenters. The molecule has 0 atom stereocenters. The maximum Gasteiger partial charge on any atom is 1.00 e. The molecule has 0 nitrogen and oxygen atoms in total. The summed E-state index contributed by atoms with van der Waals surface area (Å²) in [4.78, 5) is 0. The van der Waals surface area contributed by atoms with Crippen LogP contribution in [0.5, 0.6) is 0 Å². The van der Waals surface area contributed by atoms with Gasteiger partial charge in [0.05, 0.1) is 0 Å². The Hall–Kier alpha value is -2.26. The van der Waals surface area contributed by atoms with Gasteiger partial charge in [-0.05, 0) is 22.3 Å². The van der Waals surface area contributed by atoms with Crippen molar-refractivity contribution in [1.29, 1.82) is 0 Å². The van der Waals surface area contributed by atoms with Gasteiger partial charge in [0.1, 0.15) is 0 Å². The van der Waals surface area contributed by atoms with Crippen LogP contribution in [-0.4, -0.2) is 0 Å². The van der Waals surface area contributed by atoms with Gasteiger partial charge in [0.25, 0.3) is 0 Å². The predicted octanol–water partition coefficient (Wildman–Crippen LogP) is 3.19. The van der Waals surface area contributed by atoms with Gasteiger partial charge < -0.3 is 1.43 Å². The summed E-state index contributed by atoms with van der Waals surface area (Å²) >= 11 is 0. The fraction of sp³-hybridized carbons (Fsp3) is 0. The second kappa shape index (κ2) is 10.5. The largest absolute Gasteiger partial charge is 1.00 e. The summed E-state index contributed by atoms with van der Waals surface area (Å²) < 4.78 is 0. The van der Waals surface area contributed by atoms with Crippen LogP contribution in [0.15, 0.2) is 104 Å². The van der Waals surface area contributed by atoms with Crippen LogP contribution < -0.4 is 18.9 Å². The van der Waals surface area contributed by atoms with E-state index in [-0.39, 0.29) is 20.3 Å². The van der Waals surface area contributed by atoms with Crippen LogP contribution in [0, 0.1) is 0 Å². The Morgan fingerprint density at radius 2 is 1.00 bits per heavy atom. The van der Waals surface area contributed by atoms with Crippen LogP contribution in [0.2, 0.25) is 0 Å². The van der Waals surface area contributed by atoms with Crippen molar-refractivity contribution in [2.75, 3.05) is 0 Å². The van der Waals surface area contributed by atoms with E-state index in [0.29, 0.717) is 0 Å². The Bertz CT molecular complexity index is 665. The van der Waals surface area contributed by atoms with E-state index in [1.165, 1.54) is 16.7 Å². The Morgan fingerprint density at radius 1 is 0.652 bits per heavy atom. The zero-order valence-corrected chi connectivity index (χ0v) is 13.7. The average molecular weight is 292 g/mol. The smallest absolute Gasteiger partial charge is 1.00 e. The van der Waals surface area contributed by atoms with Crippen molar-refractivity contribution >= 4 is 11.6 Å². The van der Waals surface area contributed by atoms with E-state index in [4.69, 9.17) is 0 Å². The summed E-state index contributed by atoms with van der Waals surface area (Å²) in [6.45, 7) is 7.73.